The Labute approximate surface area is 293 Å². The quantitative estimate of drug-likeness (QED) is 0.0237. The lowest BCUT2D eigenvalue weighted by atomic mass is 10.1. The van der Waals surface area contributed by atoms with Crippen molar-refractivity contribution in [1.29, 1.82) is 0 Å². The molecule has 0 bridgehead atoms. The maximum atomic E-state index is 12.6. The Kier molecular flexibility index (Phi) is 30.1. The van der Waals surface area contributed by atoms with Gasteiger partial charge in [-0.15, -0.1) is 0 Å². The van der Waals surface area contributed by atoms with Crippen molar-refractivity contribution in [3.8, 4) is 0 Å². The van der Waals surface area contributed by atoms with Gasteiger partial charge in [0.2, 0.25) is 0 Å². The van der Waals surface area contributed by atoms with E-state index in [4.69, 9.17) is 18.5 Å². The lowest BCUT2D eigenvalue weighted by Gasteiger charge is -2.24. The molecule has 2 atom stereocenters. The average Bonchev–Trinajstić information content (AvgIpc) is 3.02. The van der Waals surface area contributed by atoms with Crippen molar-refractivity contribution >= 4 is 19.8 Å². The fourth-order valence-electron chi connectivity index (χ4n) is 4.67. The van der Waals surface area contributed by atoms with Crippen molar-refractivity contribution in [2.75, 3.05) is 47.5 Å². The third kappa shape index (κ3) is 34.1. The Hall–Kier alpha value is -1.77. The van der Waals surface area contributed by atoms with Gasteiger partial charge in [0.25, 0.3) is 0 Å². The molecule has 280 valence electrons. The van der Waals surface area contributed by atoms with E-state index >= 15 is 0 Å². The number of likely N-dealkylation sites (N-methyl/N-ethyl adjacent to an activating group) is 1. The zero-order valence-electron chi connectivity index (χ0n) is 31.2. The maximum absolute atomic E-state index is 12.6. The predicted molar refractivity (Wildman–Crippen MR) is 197 cm³/mol. The lowest BCUT2D eigenvalue weighted by Crippen LogP contribution is -2.37. The van der Waals surface area contributed by atoms with Gasteiger partial charge < -0.3 is 18.9 Å². The third-order valence-corrected chi connectivity index (χ3v) is 8.66. The summed E-state index contributed by atoms with van der Waals surface area (Å²) in [7, 11) is 1.45. The lowest BCUT2D eigenvalue weighted by molar-refractivity contribution is -0.870. The van der Waals surface area contributed by atoms with Crippen LogP contribution in [-0.4, -0.2) is 74.9 Å². The maximum Gasteiger partial charge on any atom is 0.472 e. The monoisotopic (exact) mass is 700 g/mol. The molecule has 0 saturated carbocycles. The second-order valence-electron chi connectivity index (χ2n) is 13.6. The van der Waals surface area contributed by atoms with E-state index < -0.39 is 26.5 Å². The molecule has 0 aliphatic carbocycles. The molecule has 1 N–H and O–H groups in total. The van der Waals surface area contributed by atoms with Gasteiger partial charge in [-0.05, 0) is 51.4 Å². The van der Waals surface area contributed by atoms with E-state index in [-0.39, 0.29) is 32.0 Å². The van der Waals surface area contributed by atoms with E-state index in [0.717, 1.165) is 51.4 Å². The summed E-state index contributed by atoms with van der Waals surface area (Å²) in [6.45, 7) is 4.30. The largest absolute Gasteiger partial charge is 0.472 e. The predicted octanol–water partition coefficient (Wildman–Crippen LogP) is 9.79. The molecule has 0 fully saturated rings. The molecule has 0 amide bonds. The standard InChI is InChI=1S/C38H70NO8P/c1-6-8-10-12-14-16-17-18-19-20-21-23-25-27-29-31-38(41)47-36(35-46-48(42,43)45-33-32-39(3,4)5)34-44-37(40)30-28-26-24-22-15-13-11-9-7-2/h14,16,18-19,21,23,36H,6-13,15,17,20,22,24-35H2,1-5H3/p+1/b16-14-,19-18-,23-21-/t36-/m1/s1. The highest BCUT2D eigenvalue weighted by molar-refractivity contribution is 7.47. The molecule has 0 heterocycles. The van der Waals surface area contributed by atoms with Crippen molar-refractivity contribution in [3.63, 3.8) is 0 Å². The number of allylic oxidation sites excluding steroid dienone is 6. The molecule has 0 aliphatic heterocycles. The molecule has 0 aliphatic rings. The fraction of sp³-hybridized carbons (Fsp3) is 0.789. The van der Waals surface area contributed by atoms with Crippen LogP contribution in [0.4, 0.5) is 0 Å². The van der Waals surface area contributed by atoms with Crippen molar-refractivity contribution in [2.45, 2.75) is 148 Å². The normalized spacial score (nSPS) is 14.2. The first-order chi connectivity index (χ1) is 23.0. The molecule has 1 unspecified atom stereocenters. The van der Waals surface area contributed by atoms with Crippen LogP contribution < -0.4 is 0 Å². The number of hydrogen-bond acceptors (Lipinski definition) is 7. The fourth-order valence-corrected chi connectivity index (χ4v) is 5.41. The molecule has 0 aromatic carbocycles. The molecule has 10 heteroatoms. The van der Waals surface area contributed by atoms with E-state index in [0.29, 0.717) is 17.4 Å². The number of carbonyl (C=O) groups excluding carboxylic acids is 2. The van der Waals surface area contributed by atoms with Crippen LogP contribution in [0.5, 0.6) is 0 Å². The minimum atomic E-state index is -4.37. The number of quaternary nitrogens is 1. The van der Waals surface area contributed by atoms with Crippen LogP contribution >= 0.6 is 7.82 Å². The minimum absolute atomic E-state index is 0.0245. The summed E-state index contributed by atoms with van der Waals surface area (Å²) in [5, 5.41) is 0. The summed E-state index contributed by atoms with van der Waals surface area (Å²) in [5.41, 5.74) is 0. The van der Waals surface area contributed by atoms with Gasteiger partial charge in [0.05, 0.1) is 27.7 Å². The third-order valence-electron chi connectivity index (χ3n) is 7.67. The van der Waals surface area contributed by atoms with Crippen LogP contribution in [0.1, 0.15) is 142 Å². The number of nitrogens with zero attached hydrogens (tertiary/aromatic N) is 1. The van der Waals surface area contributed by atoms with Crippen LogP contribution in [0, 0.1) is 0 Å². The molecule has 0 aromatic heterocycles. The molecular formula is C38H71NO8P+. The number of rotatable bonds is 33. The Balaban J connectivity index is 4.53. The minimum Gasteiger partial charge on any atom is -0.462 e. The van der Waals surface area contributed by atoms with Gasteiger partial charge in [0.1, 0.15) is 19.8 Å². The molecule has 48 heavy (non-hydrogen) atoms. The van der Waals surface area contributed by atoms with Crippen LogP contribution in [0.3, 0.4) is 0 Å². The van der Waals surface area contributed by atoms with Crippen LogP contribution in [0.15, 0.2) is 36.5 Å². The highest BCUT2D eigenvalue weighted by atomic mass is 31.2. The first kappa shape index (κ1) is 46.2. The number of carbonyl (C=O) groups is 2. The van der Waals surface area contributed by atoms with Gasteiger partial charge in [0.15, 0.2) is 6.10 Å². The highest BCUT2D eigenvalue weighted by Gasteiger charge is 2.27. The summed E-state index contributed by atoms with van der Waals surface area (Å²) < 4.78 is 34.0. The SMILES string of the molecule is CCCCC/C=C\C/C=C\C/C=C\CCCCC(=O)O[C@H](COC(=O)CCCCCCCCCCC)COP(=O)(O)OCC[N+](C)(C)C. The first-order valence-corrected chi connectivity index (χ1v) is 20.2. The van der Waals surface area contributed by atoms with Gasteiger partial charge in [-0.2, -0.15) is 0 Å². The number of phosphoric acid groups is 1. The Morgan fingerprint density at radius 1 is 0.646 bits per heavy atom. The van der Waals surface area contributed by atoms with Gasteiger partial charge in [-0.1, -0.05) is 115 Å². The number of hydrogen-bond donors (Lipinski definition) is 1. The zero-order valence-corrected chi connectivity index (χ0v) is 32.1. The summed E-state index contributed by atoms with van der Waals surface area (Å²) in [5.74, 6) is -0.849. The number of ether oxygens (including phenoxy) is 2. The second kappa shape index (κ2) is 31.2. The number of unbranched alkanes of at least 4 members (excludes halogenated alkanes) is 13. The molecular weight excluding hydrogens is 629 g/mol. The van der Waals surface area contributed by atoms with Gasteiger partial charge in [0, 0.05) is 12.8 Å². The van der Waals surface area contributed by atoms with E-state index in [1.54, 1.807) is 0 Å². The number of phosphoric ester groups is 1. The van der Waals surface area contributed by atoms with E-state index in [1.165, 1.54) is 57.8 Å². The summed E-state index contributed by atoms with van der Waals surface area (Å²) in [4.78, 5) is 35.1. The molecule has 9 nitrogen and oxygen atoms in total. The Morgan fingerprint density at radius 3 is 1.71 bits per heavy atom. The second-order valence-corrected chi connectivity index (χ2v) is 15.1. The molecule has 0 saturated heterocycles. The van der Waals surface area contributed by atoms with Crippen LogP contribution in [0.2, 0.25) is 0 Å². The molecule has 0 aromatic rings. The van der Waals surface area contributed by atoms with Gasteiger partial charge >= 0.3 is 19.8 Å². The van der Waals surface area contributed by atoms with Crippen molar-refractivity contribution < 1.29 is 42.1 Å². The van der Waals surface area contributed by atoms with E-state index in [9.17, 15) is 19.0 Å². The zero-order chi connectivity index (χ0) is 35.8. The Bertz CT molecular complexity index is 928. The topological polar surface area (TPSA) is 108 Å². The molecule has 0 spiro atoms. The highest BCUT2D eigenvalue weighted by Crippen LogP contribution is 2.43. The molecule has 0 rings (SSSR count). The summed E-state index contributed by atoms with van der Waals surface area (Å²) in [6.07, 6.45) is 32.0. The summed E-state index contributed by atoms with van der Waals surface area (Å²) >= 11 is 0. The van der Waals surface area contributed by atoms with Crippen LogP contribution in [-0.2, 0) is 32.7 Å². The van der Waals surface area contributed by atoms with E-state index in [1.807, 2.05) is 21.1 Å². The van der Waals surface area contributed by atoms with E-state index in [2.05, 4.69) is 50.3 Å². The Morgan fingerprint density at radius 2 is 1.12 bits per heavy atom. The van der Waals surface area contributed by atoms with Crippen molar-refractivity contribution in [1.82, 2.24) is 0 Å². The van der Waals surface area contributed by atoms with Crippen molar-refractivity contribution in [3.05, 3.63) is 36.5 Å². The summed E-state index contributed by atoms with van der Waals surface area (Å²) in [6, 6.07) is 0. The van der Waals surface area contributed by atoms with Gasteiger partial charge in [-0.25, -0.2) is 4.57 Å². The molecule has 0 radical (unpaired) electrons. The number of esters is 2. The average molecular weight is 701 g/mol. The van der Waals surface area contributed by atoms with Crippen molar-refractivity contribution in [2.24, 2.45) is 0 Å². The first-order valence-electron chi connectivity index (χ1n) is 18.7. The van der Waals surface area contributed by atoms with Gasteiger partial charge in [-0.3, -0.25) is 18.6 Å². The smallest absolute Gasteiger partial charge is 0.462 e. The van der Waals surface area contributed by atoms with Crippen LogP contribution in [0.25, 0.3) is 0 Å².